The highest BCUT2D eigenvalue weighted by molar-refractivity contribution is 6.30. The standard InChI is InChI=1S/C17H15ClN2O/c1-20-16-5-3-2-4-15(16)19-17(20)11-14(21)10-12-6-8-13(18)9-7-12/h2-9H,10-11H2,1H3. The number of para-hydroxylation sites is 2. The van der Waals surface area contributed by atoms with Crippen molar-refractivity contribution >= 4 is 28.4 Å². The molecule has 1 aromatic heterocycles. The van der Waals surface area contributed by atoms with Crippen LogP contribution in [0.25, 0.3) is 11.0 Å². The minimum absolute atomic E-state index is 0.149. The molecule has 0 bridgehead atoms. The van der Waals surface area contributed by atoms with Crippen molar-refractivity contribution in [3.8, 4) is 0 Å². The molecule has 2 aromatic carbocycles. The normalized spacial score (nSPS) is 11.0. The predicted molar refractivity (Wildman–Crippen MR) is 84.6 cm³/mol. The molecule has 0 N–H and O–H groups in total. The Morgan fingerprint density at radius 2 is 1.81 bits per heavy atom. The van der Waals surface area contributed by atoms with Crippen LogP contribution in [0.2, 0.25) is 5.02 Å². The van der Waals surface area contributed by atoms with Gasteiger partial charge in [-0.3, -0.25) is 4.79 Å². The number of aryl methyl sites for hydroxylation is 1. The molecule has 4 heteroatoms. The number of nitrogens with zero attached hydrogens (tertiary/aromatic N) is 2. The van der Waals surface area contributed by atoms with Crippen LogP contribution in [0.4, 0.5) is 0 Å². The summed E-state index contributed by atoms with van der Waals surface area (Å²) in [5.41, 5.74) is 2.95. The summed E-state index contributed by atoms with van der Waals surface area (Å²) in [5, 5.41) is 0.682. The Morgan fingerprint density at radius 3 is 2.52 bits per heavy atom. The molecular weight excluding hydrogens is 284 g/mol. The van der Waals surface area contributed by atoms with Crippen LogP contribution in [0, 0.1) is 0 Å². The number of benzene rings is 2. The molecule has 3 rings (SSSR count). The van der Waals surface area contributed by atoms with Gasteiger partial charge in [0.1, 0.15) is 11.6 Å². The molecule has 0 spiro atoms. The minimum Gasteiger partial charge on any atom is -0.331 e. The summed E-state index contributed by atoms with van der Waals surface area (Å²) in [7, 11) is 1.94. The second kappa shape index (κ2) is 5.70. The fraction of sp³-hybridized carbons (Fsp3) is 0.176. The van der Waals surface area contributed by atoms with Gasteiger partial charge in [0.05, 0.1) is 17.5 Å². The van der Waals surface area contributed by atoms with E-state index in [2.05, 4.69) is 4.98 Å². The fourth-order valence-corrected chi connectivity index (χ4v) is 2.55. The summed E-state index contributed by atoms with van der Waals surface area (Å²) in [4.78, 5) is 16.7. The van der Waals surface area contributed by atoms with Gasteiger partial charge in [-0.25, -0.2) is 4.98 Å². The Kier molecular flexibility index (Phi) is 3.76. The van der Waals surface area contributed by atoms with Crippen molar-refractivity contribution in [1.29, 1.82) is 0 Å². The van der Waals surface area contributed by atoms with Crippen molar-refractivity contribution in [3.63, 3.8) is 0 Å². The summed E-state index contributed by atoms with van der Waals surface area (Å²) in [6.45, 7) is 0. The number of fused-ring (bicyclic) bond motifs is 1. The van der Waals surface area contributed by atoms with E-state index in [1.807, 2.05) is 48.0 Å². The van der Waals surface area contributed by atoms with E-state index in [-0.39, 0.29) is 5.78 Å². The first-order valence-electron chi connectivity index (χ1n) is 6.80. The van der Waals surface area contributed by atoms with E-state index in [0.29, 0.717) is 17.9 Å². The smallest absolute Gasteiger partial charge is 0.144 e. The number of hydrogen-bond acceptors (Lipinski definition) is 2. The maximum atomic E-state index is 12.2. The second-order valence-corrected chi connectivity index (χ2v) is 5.53. The largest absolute Gasteiger partial charge is 0.331 e. The van der Waals surface area contributed by atoms with Gasteiger partial charge in [0.15, 0.2) is 0 Å². The number of carbonyl (C=O) groups is 1. The molecule has 0 atom stereocenters. The number of rotatable bonds is 4. The summed E-state index contributed by atoms with van der Waals surface area (Å²) in [6, 6.07) is 15.3. The molecule has 3 nitrogen and oxygen atoms in total. The lowest BCUT2D eigenvalue weighted by atomic mass is 10.1. The van der Waals surface area contributed by atoms with Crippen molar-refractivity contribution in [3.05, 3.63) is 64.9 Å². The molecule has 0 radical (unpaired) electrons. The fourth-order valence-electron chi connectivity index (χ4n) is 2.42. The van der Waals surface area contributed by atoms with E-state index < -0.39 is 0 Å². The lowest BCUT2D eigenvalue weighted by molar-refractivity contribution is -0.117. The van der Waals surface area contributed by atoms with Gasteiger partial charge in [0.25, 0.3) is 0 Å². The molecule has 0 saturated heterocycles. The quantitative estimate of drug-likeness (QED) is 0.738. The van der Waals surface area contributed by atoms with Gasteiger partial charge < -0.3 is 4.57 Å². The Balaban J connectivity index is 1.77. The number of ketones is 1. The van der Waals surface area contributed by atoms with Crippen LogP contribution in [-0.2, 0) is 24.7 Å². The first-order chi connectivity index (χ1) is 10.1. The molecule has 3 aromatic rings. The zero-order valence-corrected chi connectivity index (χ0v) is 12.5. The number of carbonyl (C=O) groups excluding carboxylic acids is 1. The number of aromatic nitrogens is 2. The maximum absolute atomic E-state index is 12.2. The predicted octanol–water partition coefficient (Wildman–Crippen LogP) is 3.58. The third kappa shape index (κ3) is 2.98. The molecule has 0 amide bonds. The monoisotopic (exact) mass is 298 g/mol. The van der Waals surface area contributed by atoms with Crippen LogP contribution in [0.5, 0.6) is 0 Å². The molecule has 0 unspecified atom stereocenters. The lowest BCUT2D eigenvalue weighted by Crippen LogP contribution is -2.10. The van der Waals surface area contributed by atoms with Crippen LogP contribution < -0.4 is 0 Å². The van der Waals surface area contributed by atoms with Crippen molar-refractivity contribution in [2.24, 2.45) is 7.05 Å². The van der Waals surface area contributed by atoms with Crippen molar-refractivity contribution in [2.45, 2.75) is 12.8 Å². The van der Waals surface area contributed by atoms with E-state index >= 15 is 0 Å². The van der Waals surface area contributed by atoms with Gasteiger partial charge in [-0.2, -0.15) is 0 Å². The maximum Gasteiger partial charge on any atom is 0.144 e. The first kappa shape index (κ1) is 13.8. The Morgan fingerprint density at radius 1 is 1.10 bits per heavy atom. The van der Waals surface area contributed by atoms with Crippen LogP contribution in [0.3, 0.4) is 0 Å². The molecule has 106 valence electrons. The summed E-state index contributed by atoms with van der Waals surface area (Å²) >= 11 is 5.85. The van der Waals surface area contributed by atoms with Gasteiger partial charge in [0, 0.05) is 18.5 Å². The Hall–Kier alpha value is -2.13. The van der Waals surface area contributed by atoms with Gasteiger partial charge in [0.2, 0.25) is 0 Å². The van der Waals surface area contributed by atoms with Crippen LogP contribution in [0.1, 0.15) is 11.4 Å². The molecule has 0 aliphatic rings. The molecule has 1 heterocycles. The highest BCUT2D eigenvalue weighted by Crippen LogP contribution is 2.16. The SMILES string of the molecule is Cn1c(CC(=O)Cc2ccc(Cl)cc2)nc2ccccc21. The summed E-state index contributed by atoms with van der Waals surface area (Å²) < 4.78 is 1.98. The third-order valence-corrected chi connectivity index (χ3v) is 3.80. The number of Topliss-reactive ketones (excluding diaryl/α,β-unsaturated/α-hetero) is 1. The first-order valence-corrected chi connectivity index (χ1v) is 7.18. The Labute approximate surface area is 128 Å². The minimum atomic E-state index is 0.149. The summed E-state index contributed by atoms with van der Waals surface area (Å²) in [6.07, 6.45) is 0.744. The molecular formula is C17H15ClN2O. The van der Waals surface area contributed by atoms with Gasteiger partial charge >= 0.3 is 0 Å². The van der Waals surface area contributed by atoms with E-state index in [1.165, 1.54) is 0 Å². The van der Waals surface area contributed by atoms with Gasteiger partial charge in [-0.05, 0) is 29.8 Å². The van der Waals surface area contributed by atoms with E-state index in [4.69, 9.17) is 11.6 Å². The molecule has 0 saturated carbocycles. The van der Waals surface area contributed by atoms with Crippen molar-refractivity contribution in [1.82, 2.24) is 9.55 Å². The van der Waals surface area contributed by atoms with Gasteiger partial charge in [-0.15, -0.1) is 0 Å². The lowest BCUT2D eigenvalue weighted by Gasteiger charge is -2.03. The topological polar surface area (TPSA) is 34.9 Å². The zero-order chi connectivity index (χ0) is 14.8. The molecule has 21 heavy (non-hydrogen) atoms. The average Bonchev–Trinajstić information content (AvgIpc) is 2.78. The highest BCUT2D eigenvalue weighted by atomic mass is 35.5. The summed E-state index contributed by atoms with van der Waals surface area (Å²) in [5.74, 6) is 0.950. The zero-order valence-electron chi connectivity index (χ0n) is 11.7. The van der Waals surface area contributed by atoms with E-state index in [1.54, 1.807) is 12.1 Å². The number of halogens is 1. The number of hydrogen-bond donors (Lipinski definition) is 0. The van der Waals surface area contributed by atoms with E-state index in [9.17, 15) is 4.79 Å². The van der Waals surface area contributed by atoms with Crippen LogP contribution in [-0.4, -0.2) is 15.3 Å². The number of imidazole rings is 1. The van der Waals surface area contributed by atoms with E-state index in [0.717, 1.165) is 22.4 Å². The van der Waals surface area contributed by atoms with Gasteiger partial charge in [-0.1, -0.05) is 35.9 Å². The molecule has 0 aliphatic heterocycles. The van der Waals surface area contributed by atoms with Crippen molar-refractivity contribution < 1.29 is 4.79 Å². The van der Waals surface area contributed by atoms with Crippen LogP contribution in [0.15, 0.2) is 48.5 Å². The highest BCUT2D eigenvalue weighted by Gasteiger charge is 2.12. The van der Waals surface area contributed by atoms with Crippen LogP contribution >= 0.6 is 11.6 Å². The molecule has 0 fully saturated rings. The third-order valence-electron chi connectivity index (χ3n) is 3.55. The average molecular weight is 299 g/mol. The van der Waals surface area contributed by atoms with Crippen molar-refractivity contribution in [2.75, 3.05) is 0 Å². The Bertz CT molecular complexity index is 790. The molecule has 0 aliphatic carbocycles. The second-order valence-electron chi connectivity index (χ2n) is 5.09.